The van der Waals surface area contributed by atoms with E-state index in [2.05, 4.69) is 15.3 Å². The molecule has 33 heavy (non-hydrogen) atoms. The SMILES string of the molecule is CN(Cc1nc2ccccc2c(=O)[nH]1)C(=O)CN1C(=O)NC2(CCCc3ccccc32)C1=O. The van der Waals surface area contributed by atoms with Gasteiger partial charge in [-0.1, -0.05) is 36.4 Å². The topological polar surface area (TPSA) is 115 Å². The van der Waals surface area contributed by atoms with Gasteiger partial charge in [-0.2, -0.15) is 0 Å². The van der Waals surface area contributed by atoms with Gasteiger partial charge in [0, 0.05) is 7.05 Å². The van der Waals surface area contributed by atoms with Crippen LogP contribution >= 0.6 is 0 Å². The van der Waals surface area contributed by atoms with E-state index in [0.29, 0.717) is 23.1 Å². The number of hydrogen-bond donors (Lipinski definition) is 2. The van der Waals surface area contributed by atoms with Gasteiger partial charge in [-0.3, -0.25) is 19.3 Å². The number of aromatic amines is 1. The van der Waals surface area contributed by atoms with Crippen LogP contribution in [0.1, 0.15) is 29.8 Å². The van der Waals surface area contributed by atoms with Crippen molar-refractivity contribution in [2.75, 3.05) is 13.6 Å². The van der Waals surface area contributed by atoms with E-state index in [1.807, 2.05) is 24.3 Å². The molecule has 1 aliphatic heterocycles. The van der Waals surface area contributed by atoms with Crippen LogP contribution < -0.4 is 10.9 Å². The number of aryl methyl sites for hydroxylation is 1. The van der Waals surface area contributed by atoms with Crippen LogP contribution in [0.15, 0.2) is 53.3 Å². The molecule has 4 amide bonds. The van der Waals surface area contributed by atoms with Crippen LogP contribution in [0.5, 0.6) is 0 Å². The number of carbonyl (C=O) groups excluding carboxylic acids is 3. The number of nitrogens with one attached hydrogen (secondary N) is 2. The number of imide groups is 1. The van der Waals surface area contributed by atoms with Crippen LogP contribution in [-0.2, 0) is 28.1 Å². The molecule has 1 spiro atoms. The summed E-state index contributed by atoms with van der Waals surface area (Å²) >= 11 is 0. The number of H-pyrrole nitrogens is 1. The summed E-state index contributed by atoms with van der Waals surface area (Å²) in [7, 11) is 1.54. The summed E-state index contributed by atoms with van der Waals surface area (Å²) in [5, 5.41) is 3.32. The van der Waals surface area contributed by atoms with Crippen molar-refractivity contribution in [2.45, 2.75) is 31.3 Å². The molecule has 1 fully saturated rings. The third kappa shape index (κ3) is 3.45. The predicted molar refractivity (Wildman–Crippen MR) is 120 cm³/mol. The first-order chi connectivity index (χ1) is 15.9. The van der Waals surface area contributed by atoms with Gasteiger partial charge in [-0.25, -0.2) is 9.78 Å². The van der Waals surface area contributed by atoms with E-state index in [4.69, 9.17) is 0 Å². The highest BCUT2D eigenvalue weighted by Crippen LogP contribution is 2.39. The van der Waals surface area contributed by atoms with Gasteiger partial charge < -0.3 is 15.2 Å². The minimum absolute atomic E-state index is 0.0382. The largest absolute Gasteiger partial charge is 0.337 e. The molecule has 1 saturated heterocycles. The highest BCUT2D eigenvalue weighted by atomic mass is 16.2. The normalized spacial score (nSPS) is 19.6. The molecular formula is C24H23N5O4. The fraction of sp³-hybridized carbons (Fsp3) is 0.292. The number of aromatic nitrogens is 2. The van der Waals surface area contributed by atoms with Gasteiger partial charge in [0.1, 0.15) is 17.9 Å². The zero-order valence-electron chi connectivity index (χ0n) is 18.1. The predicted octanol–water partition coefficient (Wildman–Crippen LogP) is 1.67. The zero-order chi connectivity index (χ0) is 23.2. The molecular weight excluding hydrogens is 422 g/mol. The van der Waals surface area contributed by atoms with Gasteiger partial charge in [0.25, 0.3) is 11.5 Å². The number of hydrogen-bond acceptors (Lipinski definition) is 5. The molecule has 0 saturated carbocycles. The molecule has 2 N–H and O–H groups in total. The monoisotopic (exact) mass is 445 g/mol. The Hall–Kier alpha value is -4.01. The molecule has 9 heteroatoms. The van der Waals surface area contributed by atoms with E-state index in [1.165, 1.54) is 4.90 Å². The summed E-state index contributed by atoms with van der Waals surface area (Å²) < 4.78 is 0. The molecule has 2 aliphatic rings. The first-order valence-electron chi connectivity index (χ1n) is 10.8. The van der Waals surface area contributed by atoms with Crippen LogP contribution in [0.3, 0.4) is 0 Å². The second kappa shape index (κ2) is 7.84. The van der Waals surface area contributed by atoms with Crippen LogP contribution in [0.25, 0.3) is 10.9 Å². The highest BCUT2D eigenvalue weighted by Gasteiger charge is 2.54. The Bertz CT molecular complexity index is 1350. The van der Waals surface area contributed by atoms with Crippen molar-refractivity contribution in [3.8, 4) is 0 Å². The number of para-hydroxylation sites is 1. The van der Waals surface area contributed by atoms with Gasteiger partial charge in [0.15, 0.2) is 0 Å². The van der Waals surface area contributed by atoms with Crippen molar-refractivity contribution in [2.24, 2.45) is 0 Å². The van der Waals surface area contributed by atoms with E-state index in [-0.39, 0.29) is 18.6 Å². The zero-order valence-corrected chi connectivity index (χ0v) is 18.1. The standard InChI is InChI=1S/C24H23N5O4/c1-28(13-19-25-18-11-5-3-9-16(18)21(31)26-19)20(30)14-29-22(32)24(27-23(29)33)12-6-8-15-7-2-4-10-17(15)24/h2-5,7,9-11H,6,8,12-14H2,1H3,(H,27,33)(H,25,26,31). The Labute approximate surface area is 189 Å². The molecule has 1 atom stereocenters. The van der Waals surface area contributed by atoms with Gasteiger partial charge in [-0.15, -0.1) is 0 Å². The van der Waals surface area contributed by atoms with Crippen molar-refractivity contribution in [1.82, 2.24) is 25.1 Å². The summed E-state index contributed by atoms with van der Waals surface area (Å²) in [6, 6.07) is 14.0. The first kappa shape index (κ1) is 20.9. The maximum atomic E-state index is 13.4. The van der Waals surface area contributed by atoms with Gasteiger partial charge in [-0.05, 0) is 42.5 Å². The molecule has 1 unspecified atom stereocenters. The number of amides is 4. The van der Waals surface area contributed by atoms with Crippen molar-refractivity contribution in [3.05, 3.63) is 75.8 Å². The Kier molecular flexibility index (Phi) is 4.96. The van der Waals surface area contributed by atoms with Crippen LogP contribution in [0.2, 0.25) is 0 Å². The smallest absolute Gasteiger partial charge is 0.325 e. The Balaban J connectivity index is 1.34. The number of urea groups is 1. The molecule has 2 heterocycles. The summed E-state index contributed by atoms with van der Waals surface area (Å²) in [5.74, 6) is -0.515. The number of benzene rings is 2. The van der Waals surface area contributed by atoms with Crippen molar-refractivity contribution in [1.29, 1.82) is 0 Å². The Morgan fingerprint density at radius 3 is 2.73 bits per heavy atom. The van der Waals surface area contributed by atoms with Gasteiger partial charge in [0.2, 0.25) is 5.91 Å². The third-order valence-corrected chi connectivity index (χ3v) is 6.42. The van der Waals surface area contributed by atoms with E-state index in [9.17, 15) is 19.2 Å². The Morgan fingerprint density at radius 2 is 1.88 bits per heavy atom. The van der Waals surface area contributed by atoms with Crippen molar-refractivity contribution in [3.63, 3.8) is 0 Å². The third-order valence-electron chi connectivity index (χ3n) is 6.42. The lowest BCUT2D eigenvalue weighted by molar-refractivity contribution is -0.139. The summed E-state index contributed by atoms with van der Waals surface area (Å²) in [6.07, 6.45) is 2.11. The molecule has 3 aromatic rings. The highest BCUT2D eigenvalue weighted by molar-refractivity contribution is 6.09. The second-order valence-corrected chi connectivity index (χ2v) is 8.52. The van der Waals surface area contributed by atoms with Gasteiger partial charge >= 0.3 is 6.03 Å². The minimum Gasteiger partial charge on any atom is -0.337 e. The van der Waals surface area contributed by atoms with Gasteiger partial charge in [0.05, 0.1) is 17.4 Å². The van der Waals surface area contributed by atoms with E-state index in [1.54, 1.807) is 31.3 Å². The average Bonchev–Trinajstić information content (AvgIpc) is 3.04. The summed E-state index contributed by atoms with van der Waals surface area (Å²) in [6.45, 7) is -0.348. The number of rotatable bonds is 4. The molecule has 1 aliphatic carbocycles. The molecule has 5 rings (SSSR count). The molecule has 168 valence electrons. The van der Waals surface area contributed by atoms with Crippen molar-refractivity contribution < 1.29 is 14.4 Å². The summed E-state index contributed by atoms with van der Waals surface area (Å²) in [5.41, 5.74) is 0.966. The van der Waals surface area contributed by atoms with E-state index >= 15 is 0 Å². The summed E-state index contributed by atoms with van der Waals surface area (Å²) in [4.78, 5) is 60.7. The van der Waals surface area contributed by atoms with E-state index in [0.717, 1.165) is 28.9 Å². The quantitative estimate of drug-likeness (QED) is 0.593. The van der Waals surface area contributed by atoms with E-state index < -0.39 is 23.4 Å². The minimum atomic E-state index is -1.12. The molecule has 9 nitrogen and oxygen atoms in total. The number of fused-ring (bicyclic) bond motifs is 3. The maximum Gasteiger partial charge on any atom is 0.325 e. The molecule has 0 radical (unpaired) electrons. The molecule has 2 aromatic carbocycles. The second-order valence-electron chi connectivity index (χ2n) is 8.52. The van der Waals surface area contributed by atoms with Crippen molar-refractivity contribution >= 4 is 28.7 Å². The van der Waals surface area contributed by atoms with Crippen LogP contribution in [0, 0.1) is 0 Å². The lowest BCUT2D eigenvalue weighted by Crippen LogP contribution is -2.47. The lowest BCUT2D eigenvalue weighted by Gasteiger charge is -2.33. The molecule has 1 aromatic heterocycles. The number of carbonyl (C=O) groups is 3. The molecule has 0 bridgehead atoms. The fourth-order valence-corrected chi connectivity index (χ4v) is 4.73. The lowest BCUT2D eigenvalue weighted by atomic mass is 9.76. The Morgan fingerprint density at radius 1 is 1.12 bits per heavy atom. The van der Waals surface area contributed by atoms with Crippen LogP contribution in [-0.4, -0.2) is 51.2 Å². The fourth-order valence-electron chi connectivity index (χ4n) is 4.73. The number of nitrogens with zero attached hydrogens (tertiary/aromatic N) is 3. The average molecular weight is 445 g/mol. The van der Waals surface area contributed by atoms with Crippen LogP contribution in [0.4, 0.5) is 4.79 Å². The first-order valence-corrected chi connectivity index (χ1v) is 10.8. The maximum absolute atomic E-state index is 13.4. The number of likely N-dealkylation sites (N-methyl/N-ethyl adjacent to an activating group) is 1.